The lowest BCUT2D eigenvalue weighted by atomic mass is 9.42. The van der Waals surface area contributed by atoms with Gasteiger partial charge in [0, 0.05) is 17.4 Å². The highest BCUT2D eigenvalue weighted by molar-refractivity contribution is 6.58. The number of fused-ring (bicyclic) bond motifs is 3. The highest BCUT2D eigenvalue weighted by atomic mass is 15.1. The van der Waals surface area contributed by atoms with Crippen LogP contribution in [-0.4, -0.2) is 38.1 Å². The lowest BCUT2D eigenvalue weighted by Gasteiger charge is -2.21. The van der Waals surface area contributed by atoms with Gasteiger partial charge in [-0.3, -0.25) is 9.55 Å². The maximum atomic E-state index is 5.10. The fourth-order valence-electron chi connectivity index (χ4n) is 6.71. The van der Waals surface area contributed by atoms with E-state index in [0.717, 1.165) is 33.8 Å². The third-order valence-electron chi connectivity index (χ3n) is 8.67. The second-order valence-electron chi connectivity index (χ2n) is 12.7. The van der Waals surface area contributed by atoms with Crippen molar-refractivity contribution >= 4 is 56.1 Å². The van der Waals surface area contributed by atoms with E-state index in [1.165, 1.54) is 43.8 Å². The monoisotopic (exact) mass is 573 g/mol. The molecule has 210 valence electrons. The molecule has 45 heavy (non-hydrogen) atoms. The third-order valence-corrected chi connectivity index (χ3v) is 8.67. The maximum absolute atomic E-state index is 5.10. The zero-order chi connectivity index (χ0) is 30.5. The van der Waals surface area contributed by atoms with Crippen LogP contribution in [0.15, 0.2) is 146 Å². The summed E-state index contributed by atoms with van der Waals surface area (Å²) in [7, 11) is 6.70. The zero-order valence-corrected chi connectivity index (χ0v) is 25.7. The van der Waals surface area contributed by atoms with E-state index in [1.54, 1.807) is 0 Å². The molecule has 0 fully saturated rings. The Labute approximate surface area is 265 Å². The van der Waals surface area contributed by atoms with Crippen molar-refractivity contribution in [3.05, 3.63) is 152 Å². The summed E-state index contributed by atoms with van der Waals surface area (Å²) in [5.74, 6) is 1.05. The standard InChI is InChI=1S/C39H30B3N3/c40-39(41,42)38-44-34-20-5-6-21-35(34)45(38)28-14-10-13-27(24-28)37-31-17-3-1-15-29(31)36(30-16-2-4-18-32(30)37)26-12-9-11-25(23-26)33-19-7-8-22-43-33/h1-24H,40-42H2. The van der Waals surface area contributed by atoms with E-state index >= 15 is 0 Å². The molecule has 0 saturated heterocycles. The van der Waals surface area contributed by atoms with Crippen molar-refractivity contribution in [3.63, 3.8) is 0 Å². The number of imidazole rings is 1. The summed E-state index contributed by atoms with van der Waals surface area (Å²) in [5, 5.41) is 4.81. The second-order valence-corrected chi connectivity index (χ2v) is 12.7. The lowest BCUT2D eigenvalue weighted by Crippen LogP contribution is -2.31. The van der Waals surface area contributed by atoms with Crippen molar-refractivity contribution in [3.8, 4) is 39.2 Å². The van der Waals surface area contributed by atoms with Gasteiger partial charge in [-0.1, -0.05) is 102 Å². The van der Waals surface area contributed by atoms with E-state index in [2.05, 4.69) is 160 Å². The van der Waals surface area contributed by atoms with Gasteiger partial charge in [-0.15, -0.1) is 0 Å². The number of benzene rings is 6. The second kappa shape index (κ2) is 10.7. The average molecular weight is 573 g/mol. The molecule has 0 aliphatic heterocycles. The first-order valence-corrected chi connectivity index (χ1v) is 15.5. The maximum Gasteiger partial charge on any atom is 0.0994 e. The molecule has 0 N–H and O–H groups in total. The minimum Gasteiger partial charge on any atom is -0.298 e. The molecule has 0 bridgehead atoms. The first kappa shape index (κ1) is 27.2. The molecule has 3 nitrogen and oxygen atoms in total. The normalized spacial score (nSPS) is 11.8. The predicted molar refractivity (Wildman–Crippen MR) is 197 cm³/mol. The quantitative estimate of drug-likeness (QED) is 0.169. The van der Waals surface area contributed by atoms with Gasteiger partial charge in [0.1, 0.15) is 0 Å². The topological polar surface area (TPSA) is 30.7 Å². The molecule has 8 rings (SSSR count). The Hall–Kier alpha value is -5.35. The Bertz CT molecular complexity index is 2320. The van der Waals surface area contributed by atoms with Gasteiger partial charge in [0.15, 0.2) is 0 Å². The highest BCUT2D eigenvalue weighted by Crippen LogP contribution is 2.44. The number of nitrogens with zero attached hydrogens (tertiary/aromatic N) is 3. The average Bonchev–Trinajstić information content (AvgIpc) is 3.48. The number of pyridine rings is 1. The van der Waals surface area contributed by atoms with Crippen molar-refractivity contribution in [2.45, 2.75) is 5.11 Å². The van der Waals surface area contributed by atoms with E-state index < -0.39 is 0 Å². The van der Waals surface area contributed by atoms with Gasteiger partial charge >= 0.3 is 0 Å². The van der Waals surface area contributed by atoms with E-state index in [9.17, 15) is 0 Å². The highest BCUT2D eigenvalue weighted by Gasteiger charge is 2.24. The van der Waals surface area contributed by atoms with E-state index in [-0.39, 0.29) is 5.11 Å². The summed E-state index contributed by atoms with van der Waals surface area (Å²) in [6.45, 7) is 0. The largest absolute Gasteiger partial charge is 0.298 e. The van der Waals surface area contributed by atoms with Crippen LogP contribution < -0.4 is 0 Å². The van der Waals surface area contributed by atoms with Crippen LogP contribution in [0, 0.1) is 0 Å². The number of aromatic nitrogens is 3. The van der Waals surface area contributed by atoms with E-state index in [1.807, 2.05) is 18.3 Å². The first-order chi connectivity index (χ1) is 22.0. The van der Waals surface area contributed by atoms with Gasteiger partial charge < -0.3 is 0 Å². The molecule has 0 unspecified atom stereocenters. The molecule has 6 heteroatoms. The number of para-hydroxylation sites is 2. The van der Waals surface area contributed by atoms with Crippen LogP contribution in [0.25, 0.3) is 71.8 Å². The van der Waals surface area contributed by atoms with Crippen LogP contribution in [-0.2, 0) is 5.11 Å². The van der Waals surface area contributed by atoms with Crippen molar-refractivity contribution in [1.29, 1.82) is 0 Å². The smallest absolute Gasteiger partial charge is 0.0994 e. The fourth-order valence-corrected chi connectivity index (χ4v) is 6.71. The fraction of sp³-hybridized carbons (Fsp3) is 0.0256. The molecule has 0 saturated carbocycles. The van der Waals surface area contributed by atoms with Crippen molar-refractivity contribution in [1.82, 2.24) is 14.5 Å². The Morgan fingerprint density at radius 2 is 1.07 bits per heavy atom. The molecule has 0 aliphatic rings. The first-order valence-electron chi connectivity index (χ1n) is 15.5. The summed E-state index contributed by atoms with van der Waals surface area (Å²) >= 11 is 0. The summed E-state index contributed by atoms with van der Waals surface area (Å²) in [6, 6.07) is 49.9. The molecular formula is C39H30B3N3. The van der Waals surface area contributed by atoms with Crippen LogP contribution in [0.5, 0.6) is 0 Å². The molecular weight excluding hydrogens is 543 g/mol. The van der Waals surface area contributed by atoms with Gasteiger partial charge in [-0.05, 0) is 86.3 Å². The van der Waals surface area contributed by atoms with Crippen molar-refractivity contribution in [2.75, 3.05) is 0 Å². The van der Waals surface area contributed by atoms with Gasteiger partial charge in [0.25, 0.3) is 0 Å². The summed E-state index contributed by atoms with van der Waals surface area (Å²) in [5.41, 5.74) is 10.2. The Morgan fingerprint density at radius 3 is 1.69 bits per heavy atom. The van der Waals surface area contributed by atoms with Gasteiger partial charge in [-0.2, -0.15) is 0 Å². The molecule has 0 spiro atoms. The molecule has 2 aromatic heterocycles. The molecule has 0 aliphatic carbocycles. The van der Waals surface area contributed by atoms with Crippen LogP contribution in [0.4, 0.5) is 0 Å². The predicted octanol–water partition coefficient (Wildman–Crippen LogP) is 6.74. The molecule has 0 atom stereocenters. The van der Waals surface area contributed by atoms with Crippen LogP contribution in [0.3, 0.4) is 0 Å². The van der Waals surface area contributed by atoms with Gasteiger partial charge in [0.05, 0.1) is 46.1 Å². The van der Waals surface area contributed by atoms with E-state index in [4.69, 9.17) is 4.98 Å². The summed E-state index contributed by atoms with van der Waals surface area (Å²) < 4.78 is 2.33. The number of hydrogen-bond donors (Lipinski definition) is 0. The molecule has 0 amide bonds. The van der Waals surface area contributed by atoms with Crippen molar-refractivity contribution < 1.29 is 0 Å². The van der Waals surface area contributed by atoms with Gasteiger partial charge in [0.2, 0.25) is 0 Å². The molecule has 2 heterocycles. The van der Waals surface area contributed by atoms with Crippen molar-refractivity contribution in [2.24, 2.45) is 0 Å². The Balaban J connectivity index is 1.39. The zero-order valence-electron chi connectivity index (χ0n) is 25.7. The van der Waals surface area contributed by atoms with Crippen LogP contribution in [0.2, 0.25) is 0 Å². The molecule has 8 aromatic rings. The Kier molecular flexibility index (Phi) is 6.46. The minimum absolute atomic E-state index is 0.125. The van der Waals surface area contributed by atoms with E-state index in [0.29, 0.717) is 0 Å². The molecule has 0 radical (unpaired) electrons. The van der Waals surface area contributed by atoms with Gasteiger partial charge in [-0.25, -0.2) is 4.98 Å². The van der Waals surface area contributed by atoms with Crippen LogP contribution in [0.1, 0.15) is 5.82 Å². The SMILES string of the molecule is BC(B)(B)c1nc2ccccc2n1-c1cccc(-c2c3ccccc3c(-c3cccc(-c4ccccn4)c3)c3ccccc23)c1. The summed E-state index contributed by atoms with van der Waals surface area (Å²) in [4.78, 5) is 9.72. The minimum atomic E-state index is -0.125. The Morgan fingerprint density at radius 1 is 0.511 bits per heavy atom. The van der Waals surface area contributed by atoms with Crippen LogP contribution >= 0.6 is 0 Å². The number of rotatable bonds is 5. The number of hydrogen-bond acceptors (Lipinski definition) is 2. The molecule has 6 aromatic carbocycles. The lowest BCUT2D eigenvalue weighted by molar-refractivity contribution is 0.930. The third kappa shape index (κ3) is 4.65. The summed E-state index contributed by atoms with van der Waals surface area (Å²) in [6.07, 6.45) is 1.85.